The normalized spacial score (nSPS) is 13.3. The molecule has 0 aliphatic carbocycles. The van der Waals surface area contributed by atoms with Gasteiger partial charge in [0.25, 0.3) is 0 Å². The molecule has 3 aromatic rings. The van der Waals surface area contributed by atoms with Gasteiger partial charge < -0.3 is 10.5 Å². The lowest BCUT2D eigenvalue weighted by Crippen LogP contribution is -2.29. The number of halogens is 3. The van der Waals surface area contributed by atoms with E-state index in [1.807, 2.05) is 6.08 Å². The Morgan fingerprint density at radius 2 is 2.07 bits per heavy atom. The van der Waals surface area contributed by atoms with E-state index in [0.29, 0.717) is 35.0 Å². The molecule has 29 heavy (non-hydrogen) atoms. The molecule has 1 aromatic heterocycles. The van der Waals surface area contributed by atoms with E-state index in [-0.39, 0.29) is 28.8 Å². The largest absolute Gasteiger partial charge is 0.485 e. The first-order valence-electron chi connectivity index (χ1n) is 8.61. The van der Waals surface area contributed by atoms with Gasteiger partial charge in [-0.3, -0.25) is 9.80 Å². The van der Waals surface area contributed by atoms with Crippen LogP contribution in [-0.4, -0.2) is 17.8 Å². The van der Waals surface area contributed by atoms with E-state index < -0.39 is 11.6 Å². The number of carbonyl (C=O) groups is 1. The zero-order valence-corrected chi connectivity index (χ0v) is 15.7. The van der Waals surface area contributed by atoms with E-state index in [4.69, 9.17) is 22.1 Å². The van der Waals surface area contributed by atoms with Crippen molar-refractivity contribution in [2.24, 2.45) is 0 Å². The van der Waals surface area contributed by atoms with Crippen LogP contribution in [0.15, 0.2) is 42.6 Å². The van der Waals surface area contributed by atoms with E-state index in [0.717, 1.165) is 0 Å². The molecule has 0 radical (unpaired) electrons. The van der Waals surface area contributed by atoms with E-state index in [1.165, 1.54) is 24.3 Å². The van der Waals surface area contributed by atoms with Crippen molar-refractivity contribution >= 4 is 40.3 Å². The molecular weight excluding hydrogens is 402 g/mol. The van der Waals surface area contributed by atoms with Crippen LogP contribution >= 0.6 is 11.6 Å². The summed E-state index contributed by atoms with van der Waals surface area (Å²) in [6.07, 6.45) is 4.05. The lowest BCUT2D eigenvalue weighted by molar-refractivity contribution is 0.111. The van der Waals surface area contributed by atoms with Gasteiger partial charge in [0.1, 0.15) is 18.2 Å². The van der Waals surface area contributed by atoms with Crippen molar-refractivity contribution in [2.75, 3.05) is 17.3 Å². The van der Waals surface area contributed by atoms with Gasteiger partial charge in [0, 0.05) is 29.8 Å². The van der Waals surface area contributed by atoms with Crippen molar-refractivity contribution in [3.63, 3.8) is 0 Å². The summed E-state index contributed by atoms with van der Waals surface area (Å²) in [4.78, 5) is 15.3. The Kier molecular flexibility index (Phi) is 5.04. The van der Waals surface area contributed by atoms with Gasteiger partial charge in [0.15, 0.2) is 17.9 Å². The minimum atomic E-state index is -0.639. The first kappa shape index (κ1) is 19.1. The SMILES string of the molecule is Nc1nc2cc(Cl)c(F)cc2cc1OCc1cc(C=O)c(F)cc1N1C=CCN1. The Hall–Kier alpha value is -3.23. The van der Waals surface area contributed by atoms with Crippen LogP contribution in [0.3, 0.4) is 0 Å². The predicted octanol–water partition coefficient (Wildman–Crippen LogP) is 3.98. The zero-order valence-electron chi connectivity index (χ0n) is 15.0. The van der Waals surface area contributed by atoms with Gasteiger partial charge in [0.05, 0.1) is 21.8 Å². The van der Waals surface area contributed by atoms with Crippen molar-refractivity contribution in [1.82, 2.24) is 10.4 Å². The molecule has 4 rings (SSSR count). The predicted molar refractivity (Wildman–Crippen MR) is 107 cm³/mol. The molecule has 2 aromatic carbocycles. The molecule has 6 nitrogen and oxygen atoms in total. The van der Waals surface area contributed by atoms with E-state index in [1.54, 1.807) is 17.3 Å². The molecular formula is C20H15ClF2N4O2. The van der Waals surface area contributed by atoms with Crippen LogP contribution in [-0.2, 0) is 6.61 Å². The molecule has 0 saturated carbocycles. The quantitative estimate of drug-likeness (QED) is 0.612. The van der Waals surface area contributed by atoms with Crippen LogP contribution < -0.4 is 20.9 Å². The molecule has 0 fully saturated rings. The summed E-state index contributed by atoms with van der Waals surface area (Å²) in [5.41, 5.74) is 10.4. The second-order valence-corrected chi connectivity index (χ2v) is 6.76. The molecule has 0 amide bonds. The second-order valence-electron chi connectivity index (χ2n) is 6.36. The van der Waals surface area contributed by atoms with Gasteiger partial charge in [-0.05, 0) is 24.3 Å². The lowest BCUT2D eigenvalue weighted by Gasteiger charge is -2.21. The van der Waals surface area contributed by atoms with Crippen LogP contribution in [0, 0.1) is 11.6 Å². The maximum absolute atomic E-state index is 14.1. The standard InChI is InChI=1S/C20H15ClF2N4O2/c21-14-7-17-11(5-16(14)23)6-19(20(24)26-17)29-10-13-4-12(9-28)15(22)8-18(13)27-3-1-2-25-27/h1,3-9,25H,2,10H2,(H2,24,26). The highest BCUT2D eigenvalue weighted by atomic mass is 35.5. The van der Waals surface area contributed by atoms with Gasteiger partial charge in [-0.2, -0.15) is 0 Å². The lowest BCUT2D eigenvalue weighted by atomic mass is 10.1. The van der Waals surface area contributed by atoms with Crippen molar-refractivity contribution in [3.8, 4) is 5.75 Å². The first-order valence-corrected chi connectivity index (χ1v) is 8.99. The number of nitrogens with one attached hydrogen (secondary N) is 1. The highest BCUT2D eigenvalue weighted by Gasteiger charge is 2.17. The number of anilines is 2. The maximum Gasteiger partial charge on any atom is 0.166 e. The van der Waals surface area contributed by atoms with Gasteiger partial charge in [-0.1, -0.05) is 17.7 Å². The van der Waals surface area contributed by atoms with Crippen molar-refractivity contribution in [3.05, 3.63) is 70.4 Å². The summed E-state index contributed by atoms with van der Waals surface area (Å²) < 4.78 is 33.7. The van der Waals surface area contributed by atoms with E-state index in [2.05, 4.69) is 10.4 Å². The summed E-state index contributed by atoms with van der Waals surface area (Å²) in [6, 6.07) is 6.84. The molecule has 9 heteroatoms. The number of benzene rings is 2. The van der Waals surface area contributed by atoms with Crippen molar-refractivity contribution in [2.45, 2.75) is 6.61 Å². The Morgan fingerprint density at radius 1 is 1.24 bits per heavy atom. The molecule has 2 heterocycles. The number of fused-ring (bicyclic) bond motifs is 1. The third kappa shape index (κ3) is 3.72. The topological polar surface area (TPSA) is 80.5 Å². The smallest absolute Gasteiger partial charge is 0.166 e. The monoisotopic (exact) mass is 416 g/mol. The fourth-order valence-corrected chi connectivity index (χ4v) is 3.18. The summed E-state index contributed by atoms with van der Waals surface area (Å²) >= 11 is 5.78. The Bertz CT molecular complexity index is 1150. The number of aromatic nitrogens is 1. The average Bonchev–Trinajstić information content (AvgIpc) is 3.23. The molecule has 0 spiro atoms. The number of rotatable bonds is 5. The number of hydrogen-bond acceptors (Lipinski definition) is 6. The molecule has 148 valence electrons. The summed E-state index contributed by atoms with van der Waals surface area (Å²) in [6.45, 7) is 0.572. The number of carbonyl (C=O) groups excluding carboxylic acids is 1. The molecule has 0 unspecified atom stereocenters. The molecule has 1 aliphatic heterocycles. The Labute approximate surface area is 169 Å². The van der Waals surface area contributed by atoms with Crippen molar-refractivity contribution < 1.29 is 18.3 Å². The van der Waals surface area contributed by atoms with Gasteiger partial charge in [-0.15, -0.1) is 0 Å². The number of nitrogen functional groups attached to an aromatic ring is 1. The van der Waals surface area contributed by atoms with E-state index in [9.17, 15) is 13.6 Å². The fourth-order valence-electron chi connectivity index (χ4n) is 3.02. The number of nitrogens with two attached hydrogens (primary N) is 1. The van der Waals surface area contributed by atoms with Crippen LogP contribution in [0.2, 0.25) is 5.02 Å². The Balaban J connectivity index is 1.68. The van der Waals surface area contributed by atoms with Gasteiger partial charge in [-0.25, -0.2) is 19.2 Å². The maximum atomic E-state index is 14.1. The summed E-state index contributed by atoms with van der Waals surface area (Å²) in [7, 11) is 0. The highest BCUT2D eigenvalue weighted by Crippen LogP contribution is 2.31. The highest BCUT2D eigenvalue weighted by molar-refractivity contribution is 6.31. The first-order chi connectivity index (χ1) is 14.0. The third-order valence-electron chi connectivity index (χ3n) is 4.45. The molecule has 0 bridgehead atoms. The van der Waals surface area contributed by atoms with E-state index >= 15 is 0 Å². The van der Waals surface area contributed by atoms with Crippen molar-refractivity contribution in [1.29, 1.82) is 0 Å². The molecule has 0 atom stereocenters. The number of hydrazine groups is 1. The number of nitrogens with zero attached hydrogens (tertiary/aromatic N) is 2. The van der Waals surface area contributed by atoms with Crippen LogP contribution in [0.25, 0.3) is 10.9 Å². The molecule has 3 N–H and O–H groups in total. The second kappa shape index (κ2) is 7.65. The van der Waals surface area contributed by atoms with Gasteiger partial charge in [0.2, 0.25) is 0 Å². The summed E-state index contributed by atoms with van der Waals surface area (Å²) in [5, 5.41) is 2.05. The number of hydrogen-bond donors (Lipinski definition) is 2. The van der Waals surface area contributed by atoms with Crippen LogP contribution in [0.5, 0.6) is 5.75 Å². The molecule has 0 saturated heterocycles. The zero-order chi connectivity index (χ0) is 20.5. The Morgan fingerprint density at radius 3 is 2.79 bits per heavy atom. The summed E-state index contributed by atoms with van der Waals surface area (Å²) in [5.74, 6) is -0.897. The minimum absolute atomic E-state index is 0.0179. The third-order valence-corrected chi connectivity index (χ3v) is 4.74. The van der Waals surface area contributed by atoms with Crippen LogP contribution in [0.1, 0.15) is 15.9 Å². The fraction of sp³-hybridized carbons (Fsp3) is 0.100. The number of pyridine rings is 1. The minimum Gasteiger partial charge on any atom is -0.485 e. The van der Waals surface area contributed by atoms with Crippen LogP contribution in [0.4, 0.5) is 20.3 Å². The van der Waals surface area contributed by atoms with Gasteiger partial charge >= 0.3 is 0 Å². The number of ether oxygens (including phenoxy) is 1. The molecule has 1 aliphatic rings. The average molecular weight is 417 g/mol. The number of aldehydes is 1.